The van der Waals surface area contributed by atoms with E-state index < -0.39 is 5.97 Å². The summed E-state index contributed by atoms with van der Waals surface area (Å²) in [6.07, 6.45) is 1.42. The van der Waals surface area contributed by atoms with Crippen molar-refractivity contribution >= 4 is 17.1 Å². The molecule has 0 aliphatic carbocycles. The molecule has 2 aromatic heterocycles. The Balaban J connectivity index is 0.000000720. The molecule has 2 heterocycles. The van der Waals surface area contributed by atoms with Crippen LogP contribution in [0.15, 0.2) is 27.2 Å². The molecule has 56 valence electrons. The second-order valence-electron chi connectivity index (χ2n) is 2.05. The normalized spacial score (nSPS) is 9.67. The van der Waals surface area contributed by atoms with E-state index in [-0.39, 0.29) is 35.3 Å². The molecule has 0 aromatic carbocycles. The van der Waals surface area contributed by atoms with Crippen molar-refractivity contribution in [2.75, 3.05) is 0 Å². The Morgan fingerprint density at radius 2 is 2.17 bits per heavy atom. The van der Waals surface area contributed by atoms with Gasteiger partial charge in [0.1, 0.15) is 5.97 Å². The van der Waals surface area contributed by atoms with Crippen LogP contribution in [0.25, 0.3) is 11.2 Å². The summed E-state index contributed by atoms with van der Waals surface area (Å²) in [5, 5.41) is 10.2. The van der Waals surface area contributed by atoms with E-state index in [1.165, 1.54) is 12.3 Å². The van der Waals surface area contributed by atoms with Gasteiger partial charge < -0.3 is 18.7 Å². The van der Waals surface area contributed by atoms with Crippen molar-refractivity contribution in [1.29, 1.82) is 0 Å². The van der Waals surface area contributed by atoms with Crippen molar-refractivity contribution in [2.24, 2.45) is 0 Å². The molecule has 0 radical (unpaired) electrons. The maximum absolute atomic E-state index is 10.2. The maximum atomic E-state index is 10.2. The van der Waals surface area contributed by atoms with Gasteiger partial charge in [0.15, 0.2) is 16.9 Å². The predicted molar refractivity (Wildman–Crippen MR) is 32.8 cm³/mol. The molecule has 0 N–H and O–H groups in total. The van der Waals surface area contributed by atoms with Gasteiger partial charge in [0.2, 0.25) is 0 Å². The Morgan fingerprint density at radius 3 is 2.75 bits per heavy atom. The average molecular weight is 174 g/mol. The number of rotatable bonds is 1. The third-order valence-electron chi connectivity index (χ3n) is 1.34. The first-order valence-corrected chi connectivity index (χ1v) is 2.96. The number of carbonyl (C=O) groups excluding carboxylic acids is 1. The number of hydrogen-bond donors (Lipinski definition) is 0. The van der Waals surface area contributed by atoms with Crippen molar-refractivity contribution in [1.82, 2.24) is 0 Å². The standard InChI is InChI=1S/C7H4O4.Na/c8-7(9)6-3-5-4(11-6)1-2-10-5;/h1-3H,(H,8,9);/q;+1/p-1. The number of aromatic carboxylic acids is 1. The number of hydrogen-bond acceptors (Lipinski definition) is 4. The quantitative estimate of drug-likeness (QED) is 0.444. The molecule has 0 unspecified atom stereocenters. The average Bonchev–Trinajstić information content (AvgIpc) is 2.40. The van der Waals surface area contributed by atoms with Gasteiger partial charge in [-0.3, -0.25) is 0 Å². The monoisotopic (exact) mass is 174 g/mol. The number of furan rings is 2. The van der Waals surface area contributed by atoms with Crippen LogP contribution in [0.4, 0.5) is 0 Å². The minimum Gasteiger partial charge on any atom is -0.542 e. The molecular formula is C7H3NaO4. The van der Waals surface area contributed by atoms with E-state index in [1.54, 1.807) is 6.07 Å². The molecule has 12 heavy (non-hydrogen) atoms. The van der Waals surface area contributed by atoms with E-state index in [2.05, 4.69) is 0 Å². The van der Waals surface area contributed by atoms with Crippen molar-refractivity contribution in [3.8, 4) is 0 Å². The predicted octanol–water partition coefficient (Wildman–Crippen LogP) is -2.61. The summed E-state index contributed by atoms with van der Waals surface area (Å²) in [5.74, 6) is -1.55. The first kappa shape index (κ1) is 9.38. The topological polar surface area (TPSA) is 66.4 Å². The molecule has 0 atom stereocenters. The van der Waals surface area contributed by atoms with Crippen LogP contribution < -0.4 is 34.7 Å². The third-order valence-corrected chi connectivity index (χ3v) is 1.34. The van der Waals surface area contributed by atoms with Gasteiger partial charge in [-0.2, -0.15) is 0 Å². The van der Waals surface area contributed by atoms with Crippen molar-refractivity contribution < 1.29 is 48.3 Å². The molecule has 2 rings (SSSR count). The van der Waals surface area contributed by atoms with Crippen LogP contribution >= 0.6 is 0 Å². The van der Waals surface area contributed by atoms with E-state index in [9.17, 15) is 9.90 Å². The van der Waals surface area contributed by atoms with Gasteiger partial charge in [-0.05, 0) is 0 Å². The number of fused-ring (bicyclic) bond motifs is 1. The van der Waals surface area contributed by atoms with Crippen LogP contribution in [0, 0.1) is 0 Å². The molecule has 0 saturated heterocycles. The van der Waals surface area contributed by atoms with Gasteiger partial charge in [0.25, 0.3) is 0 Å². The second-order valence-corrected chi connectivity index (χ2v) is 2.05. The van der Waals surface area contributed by atoms with Gasteiger partial charge in [0.05, 0.1) is 6.26 Å². The first-order chi connectivity index (χ1) is 5.27. The summed E-state index contributed by atoms with van der Waals surface area (Å²) in [7, 11) is 0. The third kappa shape index (κ3) is 1.41. The van der Waals surface area contributed by atoms with E-state index in [0.717, 1.165) is 0 Å². The van der Waals surface area contributed by atoms with Gasteiger partial charge in [-0.1, -0.05) is 0 Å². The summed E-state index contributed by atoms with van der Waals surface area (Å²) in [5.41, 5.74) is 0.841. The van der Waals surface area contributed by atoms with Crippen molar-refractivity contribution in [3.05, 3.63) is 24.2 Å². The smallest absolute Gasteiger partial charge is 0.542 e. The summed E-state index contributed by atoms with van der Waals surface area (Å²) in [4.78, 5) is 10.2. The van der Waals surface area contributed by atoms with Crippen LogP contribution in [0.5, 0.6) is 0 Å². The zero-order valence-corrected chi connectivity index (χ0v) is 8.37. The summed E-state index contributed by atoms with van der Waals surface area (Å²) in [6, 6.07) is 2.83. The fourth-order valence-electron chi connectivity index (χ4n) is 0.866. The SMILES string of the molecule is O=C([O-])c1cc2occc2o1.[Na+]. The fraction of sp³-hybridized carbons (Fsp3) is 0. The Labute approximate surface area is 89.4 Å². The van der Waals surface area contributed by atoms with Gasteiger partial charge in [0, 0.05) is 12.1 Å². The maximum Gasteiger partial charge on any atom is 1.00 e. The Kier molecular flexibility index (Phi) is 2.62. The van der Waals surface area contributed by atoms with Crippen LogP contribution in [-0.4, -0.2) is 5.97 Å². The summed E-state index contributed by atoms with van der Waals surface area (Å²) < 4.78 is 9.68. The van der Waals surface area contributed by atoms with Crippen molar-refractivity contribution in [3.63, 3.8) is 0 Å². The Bertz CT molecular complexity index is 372. The minimum atomic E-state index is -1.34. The summed E-state index contributed by atoms with van der Waals surface area (Å²) >= 11 is 0. The van der Waals surface area contributed by atoms with Gasteiger partial charge >= 0.3 is 29.6 Å². The Hall–Kier alpha value is -0.710. The fourth-order valence-corrected chi connectivity index (χ4v) is 0.866. The number of carboxylic acids is 1. The van der Waals surface area contributed by atoms with Crippen LogP contribution in [-0.2, 0) is 0 Å². The molecule has 5 heteroatoms. The largest absolute Gasteiger partial charge is 1.00 e. The van der Waals surface area contributed by atoms with Crippen LogP contribution in [0.3, 0.4) is 0 Å². The second kappa shape index (κ2) is 3.35. The molecule has 4 nitrogen and oxygen atoms in total. The van der Waals surface area contributed by atoms with Crippen LogP contribution in [0.1, 0.15) is 10.6 Å². The van der Waals surface area contributed by atoms with Gasteiger partial charge in [-0.15, -0.1) is 0 Å². The van der Waals surface area contributed by atoms with Crippen LogP contribution in [0.2, 0.25) is 0 Å². The molecule has 0 fully saturated rings. The molecule has 0 spiro atoms. The van der Waals surface area contributed by atoms with E-state index >= 15 is 0 Å². The zero-order valence-electron chi connectivity index (χ0n) is 6.37. The molecule has 0 saturated carbocycles. The molecule has 0 aliphatic heterocycles. The number of carbonyl (C=O) groups is 1. The summed E-state index contributed by atoms with van der Waals surface area (Å²) in [6.45, 7) is 0. The Morgan fingerprint density at radius 1 is 1.42 bits per heavy atom. The van der Waals surface area contributed by atoms with Gasteiger partial charge in [-0.25, -0.2) is 0 Å². The zero-order chi connectivity index (χ0) is 7.84. The minimum absolute atomic E-state index is 0. The van der Waals surface area contributed by atoms with Crippen molar-refractivity contribution in [2.45, 2.75) is 0 Å². The number of carboxylic acid groups (broad SMARTS) is 1. The van der Waals surface area contributed by atoms with E-state index in [1.807, 2.05) is 0 Å². The molecular weight excluding hydrogens is 171 g/mol. The van der Waals surface area contributed by atoms with E-state index in [4.69, 9.17) is 8.83 Å². The molecule has 2 aromatic rings. The molecule has 0 aliphatic rings. The van der Waals surface area contributed by atoms with E-state index in [0.29, 0.717) is 11.2 Å². The molecule has 0 amide bonds. The first-order valence-electron chi connectivity index (χ1n) is 2.96. The molecule has 0 bridgehead atoms.